The molecule has 0 bridgehead atoms. The molecular weight excluding hydrogens is 373 g/mol. The number of nitrogens with zero attached hydrogens (tertiary/aromatic N) is 2. The van der Waals surface area contributed by atoms with Crippen molar-refractivity contribution in [2.45, 2.75) is 13.5 Å². The second-order valence-corrected chi connectivity index (χ2v) is 7.32. The molecule has 2 heterocycles. The molecule has 0 fully saturated rings. The molecule has 0 saturated carbocycles. The Labute approximate surface area is 165 Å². The number of nitrogens with one attached hydrogen (secondary N) is 1. The summed E-state index contributed by atoms with van der Waals surface area (Å²) in [6, 6.07) is 18.3. The first-order chi connectivity index (χ1) is 13.6. The third kappa shape index (κ3) is 3.46. The van der Waals surface area contributed by atoms with Crippen molar-refractivity contribution >= 4 is 34.4 Å². The number of aromatic nitrogens is 1. The molecule has 0 atom stereocenters. The van der Waals surface area contributed by atoms with Crippen molar-refractivity contribution < 1.29 is 9.18 Å². The molecule has 28 heavy (non-hydrogen) atoms. The summed E-state index contributed by atoms with van der Waals surface area (Å²) in [5.41, 5.74) is 6.04. The molecule has 0 saturated heterocycles. The molecule has 2 aromatic carbocycles. The molecule has 0 aliphatic rings. The van der Waals surface area contributed by atoms with Crippen LogP contribution in [0, 0.1) is 12.7 Å². The van der Waals surface area contributed by atoms with Gasteiger partial charge in [-0.3, -0.25) is 4.79 Å². The number of hydrogen-bond donors (Lipinski definition) is 1. The lowest BCUT2D eigenvalue weighted by molar-refractivity contribution is 0.0959. The van der Waals surface area contributed by atoms with Crippen molar-refractivity contribution in [3.05, 3.63) is 93.6 Å². The maximum atomic E-state index is 14.2. The number of carbonyl (C=O) groups is 1. The van der Waals surface area contributed by atoms with Crippen molar-refractivity contribution in [3.8, 4) is 0 Å². The summed E-state index contributed by atoms with van der Waals surface area (Å²) in [5.74, 6) is -0.461. The molecule has 0 radical (unpaired) electrons. The van der Waals surface area contributed by atoms with Gasteiger partial charge in [-0.2, -0.15) is 5.10 Å². The van der Waals surface area contributed by atoms with E-state index >= 15 is 0 Å². The molecule has 1 amide bonds. The lowest BCUT2D eigenvalue weighted by atomic mass is 10.1. The highest BCUT2D eigenvalue weighted by atomic mass is 32.1. The maximum Gasteiger partial charge on any atom is 0.281 e. The average molecular weight is 391 g/mol. The number of carbonyl (C=O) groups excluding carboxylic acids is 1. The number of halogens is 1. The van der Waals surface area contributed by atoms with Gasteiger partial charge in [0.05, 0.1) is 17.6 Å². The fourth-order valence-corrected chi connectivity index (χ4v) is 3.85. The highest BCUT2D eigenvalue weighted by Crippen LogP contribution is 2.26. The van der Waals surface area contributed by atoms with Gasteiger partial charge in [0.2, 0.25) is 0 Å². The van der Waals surface area contributed by atoms with Gasteiger partial charge in [-0.05, 0) is 30.5 Å². The lowest BCUT2D eigenvalue weighted by Gasteiger charge is -2.09. The van der Waals surface area contributed by atoms with Gasteiger partial charge in [0.1, 0.15) is 5.82 Å². The van der Waals surface area contributed by atoms with E-state index in [4.69, 9.17) is 0 Å². The molecule has 0 unspecified atom stereocenters. The topological polar surface area (TPSA) is 46.4 Å². The summed E-state index contributed by atoms with van der Waals surface area (Å²) in [6.07, 6.45) is 1.65. The highest BCUT2D eigenvalue weighted by Gasteiger charge is 2.14. The van der Waals surface area contributed by atoms with Crippen LogP contribution in [0.1, 0.15) is 26.5 Å². The van der Waals surface area contributed by atoms with Gasteiger partial charge in [-0.1, -0.05) is 42.5 Å². The third-order valence-corrected chi connectivity index (χ3v) is 5.54. The van der Waals surface area contributed by atoms with E-state index in [9.17, 15) is 9.18 Å². The standard InChI is InChI=1S/C22H18FN3OS/c1-15-18(13-24-25-22(27)21-11-6-12-28-21)17-8-3-5-10-20(17)26(15)14-16-7-2-4-9-19(16)23/h2-13H,14H2,1H3,(H,25,27)/b24-13+. The molecule has 4 nitrogen and oxygen atoms in total. The van der Waals surface area contributed by atoms with E-state index in [0.717, 1.165) is 22.2 Å². The van der Waals surface area contributed by atoms with Crippen LogP contribution in [0.4, 0.5) is 4.39 Å². The minimum absolute atomic E-state index is 0.224. The Morgan fingerprint density at radius 3 is 2.71 bits per heavy atom. The van der Waals surface area contributed by atoms with Gasteiger partial charge in [0.25, 0.3) is 5.91 Å². The van der Waals surface area contributed by atoms with Gasteiger partial charge in [0.15, 0.2) is 0 Å². The predicted molar refractivity (Wildman–Crippen MR) is 112 cm³/mol. The molecular formula is C22H18FN3OS. The summed E-state index contributed by atoms with van der Waals surface area (Å²) in [5, 5.41) is 6.99. The fourth-order valence-electron chi connectivity index (χ4n) is 3.24. The quantitative estimate of drug-likeness (QED) is 0.379. The van der Waals surface area contributed by atoms with E-state index in [0.29, 0.717) is 17.0 Å². The van der Waals surface area contributed by atoms with Gasteiger partial charge >= 0.3 is 0 Å². The van der Waals surface area contributed by atoms with Gasteiger partial charge in [0, 0.05) is 27.7 Å². The Morgan fingerprint density at radius 2 is 1.93 bits per heavy atom. The number of fused-ring (bicyclic) bond motifs is 1. The average Bonchev–Trinajstić information content (AvgIpc) is 3.33. The minimum atomic E-state index is -0.237. The second kappa shape index (κ2) is 7.78. The summed E-state index contributed by atoms with van der Waals surface area (Å²) in [6.45, 7) is 2.40. The molecule has 2 aromatic heterocycles. The summed E-state index contributed by atoms with van der Waals surface area (Å²) in [4.78, 5) is 12.7. The smallest absolute Gasteiger partial charge is 0.281 e. The summed E-state index contributed by atoms with van der Waals surface area (Å²) >= 11 is 1.36. The zero-order valence-electron chi connectivity index (χ0n) is 15.2. The van der Waals surface area contributed by atoms with Crippen LogP contribution in [0.2, 0.25) is 0 Å². The molecule has 6 heteroatoms. The van der Waals surface area contributed by atoms with Crippen molar-refractivity contribution in [1.29, 1.82) is 0 Å². The predicted octanol–water partition coefficient (Wildman–Crippen LogP) is 4.96. The number of amides is 1. The normalized spacial score (nSPS) is 11.4. The zero-order chi connectivity index (χ0) is 19.5. The fraction of sp³-hybridized carbons (Fsp3) is 0.0909. The second-order valence-electron chi connectivity index (χ2n) is 6.37. The number of thiophene rings is 1. The van der Waals surface area contributed by atoms with Gasteiger partial charge in [-0.15, -0.1) is 11.3 Å². The Morgan fingerprint density at radius 1 is 1.14 bits per heavy atom. The van der Waals surface area contributed by atoms with Crippen molar-refractivity contribution in [3.63, 3.8) is 0 Å². The summed E-state index contributed by atoms with van der Waals surface area (Å²) < 4.78 is 16.2. The molecule has 4 aromatic rings. The highest BCUT2D eigenvalue weighted by molar-refractivity contribution is 7.12. The molecule has 1 N–H and O–H groups in total. The Hall–Kier alpha value is -3.25. The molecule has 0 aliphatic heterocycles. The molecule has 0 aliphatic carbocycles. The van der Waals surface area contributed by atoms with E-state index < -0.39 is 0 Å². The number of hydrazone groups is 1. The Balaban J connectivity index is 1.67. The van der Waals surface area contributed by atoms with Crippen molar-refractivity contribution in [1.82, 2.24) is 9.99 Å². The minimum Gasteiger partial charge on any atom is -0.340 e. The van der Waals surface area contributed by atoms with Crippen LogP contribution in [0.3, 0.4) is 0 Å². The first-order valence-electron chi connectivity index (χ1n) is 8.83. The monoisotopic (exact) mass is 391 g/mol. The van der Waals surface area contributed by atoms with Crippen LogP contribution in [0.15, 0.2) is 71.1 Å². The van der Waals surface area contributed by atoms with Crippen LogP contribution in [-0.2, 0) is 6.54 Å². The van der Waals surface area contributed by atoms with E-state index in [-0.39, 0.29) is 11.7 Å². The Bertz CT molecular complexity index is 1160. The first-order valence-corrected chi connectivity index (χ1v) is 9.71. The van der Waals surface area contributed by atoms with Crippen LogP contribution >= 0.6 is 11.3 Å². The number of rotatable bonds is 5. The molecule has 0 spiro atoms. The van der Waals surface area contributed by atoms with Gasteiger partial charge < -0.3 is 4.57 Å². The third-order valence-electron chi connectivity index (χ3n) is 4.67. The lowest BCUT2D eigenvalue weighted by Crippen LogP contribution is -2.16. The van der Waals surface area contributed by atoms with Crippen molar-refractivity contribution in [2.75, 3.05) is 0 Å². The van der Waals surface area contributed by atoms with E-state index in [1.165, 1.54) is 17.4 Å². The van der Waals surface area contributed by atoms with E-state index in [2.05, 4.69) is 15.1 Å². The summed E-state index contributed by atoms with van der Waals surface area (Å²) in [7, 11) is 0. The van der Waals surface area contributed by atoms with Crippen LogP contribution in [-0.4, -0.2) is 16.7 Å². The van der Waals surface area contributed by atoms with Crippen LogP contribution < -0.4 is 5.43 Å². The molecule has 140 valence electrons. The van der Waals surface area contributed by atoms with Crippen molar-refractivity contribution in [2.24, 2.45) is 5.10 Å². The van der Waals surface area contributed by atoms with E-state index in [1.807, 2.05) is 48.7 Å². The largest absolute Gasteiger partial charge is 0.340 e. The SMILES string of the molecule is Cc1c(/C=N/NC(=O)c2cccs2)c2ccccc2n1Cc1ccccc1F. The number of hydrogen-bond acceptors (Lipinski definition) is 3. The van der Waals surface area contributed by atoms with Crippen LogP contribution in [0.25, 0.3) is 10.9 Å². The van der Waals surface area contributed by atoms with Crippen LogP contribution in [0.5, 0.6) is 0 Å². The maximum absolute atomic E-state index is 14.2. The Kier molecular flexibility index (Phi) is 5.04. The zero-order valence-corrected chi connectivity index (χ0v) is 16.0. The molecule has 4 rings (SSSR count). The number of benzene rings is 2. The number of para-hydroxylation sites is 1. The van der Waals surface area contributed by atoms with E-state index in [1.54, 1.807) is 24.4 Å². The van der Waals surface area contributed by atoms with Gasteiger partial charge in [-0.25, -0.2) is 9.82 Å². The first kappa shape index (κ1) is 18.1.